The molecule has 0 radical (unpaired) electrons. The predicted octanol–water partition coefficient (Wildman–Crippen LogP) is 5.17. The lowest BCUT2D eigenvalue weighted by atomic mass is 10.1. The molecule has 4 rings (SSSR count). The summed E-state index contributed by atoms with van der Waals surface area (Å²) in [6, 6.07) is 13.5. The van der Waals surface area contributed by atoms with E-state index in [-0.39, 0.29) is 5.75 Å². The van der Waals surface area contributed by atoms with Crippen molar-refractivity contribution in [2.45, 2.75) is 0 Å². The largest absolute Gasteiger partial charge is 0.476 e. The van der Waals surface area contributed by atoms with Crippen LogP contribution in [0.1, 0.15) is 0 Å². The topological polar surface area (TPSA) is 61.6 Å². The summed E-state index contributed by atoms with van der Waals surface area (Å²) in [5, 5.41) is 4.62. The highest BCUT2D eigenvalue weighted by molar-refractivity contribution is 5.92. The molecule has 0 spiro atoms. The number of benzene rings is 3. The first-order valence-electron chi connectivity index (χ1n) is 8.66. The van der Waals surface area contributed by atoms with Gasteiger partial charge in [0.1, 0.15) is 11.4 Å². The van der Waals surface area contributed by atoms with Gasteiger partial charge in [0.15, 0.2) is 17.9 Å². The van der Waals surface area contributed by atoms with Crippen molar-refractivity contribution in [1.82, 2.24) is 5.16 Å². The number of fused-ring (bicyclic) bond motifs is 1. The van der Waals surface area contributed by atoms with E-state index in [4.69, 9.17) is 9.26 Å². The molecule has 0 fully saturated rings. The number of carbonyl (C=O) groups is 1. The van der Waals surface area contributed by atoms with Gasteiger partial charge < -0.3 is 14.0 Å². The molecule has 0 aliphatic heterocycles. The molecule has 0 saturated heterocycles. The number of hydrogen-bond donors (Lipinski definition) is 0. The smallest absolute Gasteiger partial charge is 0.349 e. The third-order valence-corrected chi connectivity index (χ3v) is 4.23. The van der Waals surface area contributed by atoms with Crippen LogP contribution in [0, 0.1) is 29.1 Å². The number of esters is 1. The molecule has 0 N–H and O–H groups in total. The zero-order chi connectivity index (χ0) is 22.1. The molecule has 1 heterocycles. The minimum absolute atomic E-state index is 0.00530. The monoisotopic (exact) mass is 435 g/mol. The summed E-state index contributed by atoms with van der Waals surface area (Å²) in [7, 11) is 0. The second-order valence-corrected chi connectivity index (χ2v) is 6.22. The lowest BCUT2D eigenvalue weighted by Crippen LogP contribution is -2.19. The first kappa shape index (κ1) is 20.3. The molecule has 10 heteroatoms. The van der Waals surface area contributed by atoms with E-state index in [2.05, 4.69) is 9.89 Å². The molecule has 31 heavy (non-hydrogen) atoms. The molecule has 0 unspecified atom stereocenters. The number of carbonyl (C=O) groups excluding carboxylic acids is 1. The van der Waals surface area contributed by atoms with Gasteiger partial charge in [-0.2, -0.15) is 8.78 Å². The Hall–Kier alpha value is -3.95. The second kappa shape index (κ2) is 8.05. The highest BCUT2D eigenvalue weighted by Gasteiger charge is 2.27. The van der Waals surface area contributed by atoms with Crippen LogP contribution in [0.4, 0.5) is 22.0 Å². The van der Waals surface area contributed by atoms with E-state index in [0.717, 1.165) is 5.56 Å². The lowest BCUT2D eigenvalue weighted by Gasteiger charge is -2.10. The van der Waals surface area contributed by atoms with Gasteiger partial charge in [-0.1, -0.05) is 35.5 Å². The molecule has 4 aromatic rings. The van der Waals surface area contributed by atoms with Crippen LogP contribution in [0.15, 0.2) is 53.1 Å². The SMILES string of the molecule is O=C(COc1c(F)c(F)c(F)c(F)c1F)Oc1ccc2c(-c3ccccc3)noc2c1. The zero-order valence-corrected chi connectivity index (χ0v) is 15.3. The van der Waals surface area contributed by atoms with Crippen molar-refractivity contribution in [3.63, 3.8) is 0 Å². The summed E-state index contributed by atoms with van der Waals surface area (Å²) < 4.78 is 81.2. The summed E-state index contributed by atoms with van der Waals surface area (Å²) in [6.07, 6.45) is 0. The molecule has 1 aromatic heterocycles. The molecule has 0 aliphatic rings. The van der Waals surface area contributed by atoms with Crippen LogP contribution >= 0.6 is 0 Å². The van der Waals surface area contributed by atoms with E-state index < -0.39 is 47.4 Å². The number of rotatable bonds is 5. The van der Waals surface area contributed by atoms with E-state index in [1.807, 2.05) is 30.3 Å². The standard InChI is InChI=1S/C21H10F5NO4/c22-15-16(23)18(25)21(19(26)17(15)24)29-9-14(28)30-11-6-7-12-13(8-11)31-27-20(12)10-4-2-1-3-5-10/h1-8H,9H2. The van der Waals surface area contributed by atoms with Crippen LogP contribution in [-0.4, -0.2) is 17.7 Å². The number of hydrogen-bond acceptors (Lipinski definition) is 5. The van der Waals surface area contributed by atoms with Crippen LogP contribution in [0.2, 0.25) is 0 Å². The normalized spacial score (nSPS) is 11.0. The van der Waals surface area contributed by atoms with Gasteiger partial charge in [-0.15, -0.1) is 0 Å². The van der Waals surface area contributed by atoms with Gasteiger partial charge in [-0.3, -0.25) is 0 Å². The Balaban J connectivity index is 1.49. The highest BCUT2D eigenvalue weighted by Crippen LogP contribution is 2.31. The van der Waals surface area contributed by atoms with Crippen molar-refractivity contribution in [2.24, 2.45) is 0 Å². The summed E-state index contributed by atoms with van der Waals surface area (Å²) >= 11 is 0. The minimum Gasteiger partial charge on any atom is -0.476 e. The Morgan fingerprint density at radius 2 is 1.52 bits per heavy atom. The Bertz CT molecular complexity index is 1260. The predicted molar refractivity (Wildman–Crippen MR) is 96.8 cm³/mol. The maximum absolute atomic E-state index is 13.6. The van der Waals surface area contributed by atoms with Crippen molar-refractivity contribution in [2.75, 3.05) is 6.61 Å². The fourth-order valence-electron chi connectivity index (χ4n) is 2.79. The number of aromatic nitrogens is 1. The molecular weight excluding hydrogens is 425 g/mol. The van der Waals surface area contributed by atoms with E-state index in [1.54, 1.807) is 6.07 Å². The molecule has 5 nitrogen and oxygen atoms in total. The van der Waals surface area contributed by atoms with E-state index >= 15 is 0 Å². The fourth-order valence-corrected chi connectivity index (χ4v) is 2.79. The molecule has 0 saturated carbocycles. The van der Waals surface area contributed by atoms with Gasteiger partial charge in [0.05, 0.1) is 0 Å². The zero-order valence-electron chi connectivity index (χ0n) is 15.3. The number of nitrogens with zero attached hydrogens (tertiary/aromatic N) is 1. The Morgan fingerprint density at radius 1 is 0.871 bits per heavy atom. The van der Waals surface area contributed by atoms with Crippen molar-refractivity contribution in [1.29, 1.82) is 0 Å². The van der Waals surface area contributed by atoms with Crippen molar-refractivity contribution in [3.05, 3.63) is 77.6 Å². The van der Waals surface area contributed by atoms with Crippen LogP contribution < -0.4 is 9.47 Å². The minimum atomic E-state index is -2.33. The van der Waals surface area contributed by atoms with E-state index in [1.165, 1.54) is 12.1 Å². The van der Waals surface area contributed by atoms with Gasteiger partial charge in [-0.25, -0.2) is 18.0 Å². The molecule has 158 valence electrons. The Kier molecular flexibility index (Phi) is 5.28. The average molecular weight is 435 g/mol. The molecule has 0 amide bonds. The van der Waals surface area contributed by atoms with Gasteiger partial charge in [0.25, 0.3) is 0 Å². The van der Waals surface area contributed by atoms with Gasteiger partial charge in [-0.05, 0) is 12.1 Å². The first-order valence-corrected chi connectivity index (χ1v) is 8.66. The van der Waals surface area contributed by atoms with E-state index in [9.17, 15) is 26.7 Å². The van der Waals surface area contributed by atoms with Gasteiger partial charge >= 0.3 is 5.97 Å². The molecular formula is C21H10F5NO4. The Labute approximate surface area is 170 Å². The summed E-state index contributed by atoms with van der Waals surface area (Å²) in [4.78, 5) is 11.9. The third kappa shape index (κ3) is 3.79. The van der Waals surface area contributed by atoms with Crippen molar-refractivity contribution >= 4 is 16.9 Å². The summed E-state index contributed by atoms with van der Waals surface area (Å²) in [5.41, 5.74) is 1.68. The van der Waals surface area contributed by atoms with E-state index in [0.29, 0.717) is 16.7 Å². The van der Waals surface area contributed by atoms with Gasteiger partial charge in [0, 0.05) is 17.0 Å². The first-order chi connectivity index (χ1) is 14.9. The van der Waals surface area contributed by atoms with Crippen LogP contribution in [0.3, 0.4) is 0 Å². The van der Waals surface area contributed by atoms with Crippen LogP contribution in [0.25, 0.3) is 22.2 Å². The van der Waals surface area contributed by atoms with Gasteiger partial charge in [0.2, 0.25) is 29.1 Å². The van der Waals surface area contributed by atoms with Crippen molar-refractivity contribution < 1.29 is 40.7 Å². The highest BCUT2D eigenvalue weighted by atomic mass is 19.2. The van der Waals surface area contributed by atoms with Crippen molar-refractivity contribution in [3.8, 4) is 22.8 Å². The number of halogens is 5. The second-order valence-electron chi connectivity index (χ2n) is 6.22. The maximum atomic E-state index is 13.6. The molecule has 3 aromatic carbocycles. The number of ether oxygens (including phenoxy) is 2. The van der Waals surface area contributed by atoms with Crippen LogP contribution in [0.5, 0.6) is 11.5 Å². The average Bonchev–Trinajstić information content (AvgIpc) is 3.20. The summed E-state index contributed by atoms with van der Waals surface area (Å²) in [6.45, 7) is -1.11. The Morgan fingerprint density at radius 3 is 2.19 bits per heavy atom. The lowest BCUT2D eigenvalue weighted by molar-refractivity contribution is -0.136. The molecule has 0 atom stereocenters. The molecule has 0 aliphatic carbocycles. The third-order valence-electron chi connectivity index (χ3n) is 4.23. The van der Waals surface area contributed by atoms with Crippen LogP contribution in [-0.2, 0) is 4.79 Å². The maximum Gasteiger partial charge on any atom is 0.349 e. The quantitative estimate of drug-likeness (QED) is 0.142. The molecule has 0 bridgehead atoms. The fraction of sp³-hybridized carbons (Fsp3) is 0.0476. The summed E-state index contributed by atoms with van der Waals surface area (Å²) in [5.74, 6) is -13.8.